The molecule has 2 aromatic heterocycles. The second-order valence-electron chi connectivity index (χ2n) is 12.6. The molecule has 0 fully saturated rings. The average molecular weight is 545 g/mol. The summed E-state index contributed by atoms with van der Waals surface area (Å²) in [4.78, 5) is 55.9. The summed E-state index contributed by atoms with van der Waals surface area (Å²) in [6, 6.07) is -0.199. The highest BCUT2D eigenvalue weighted by Gasteiger charge is 2.27. The number of hydrogen-bond acceptors (Lipinski definition) is 6. The molecule has 3 heterocycles. The van der Waals surface area contributed by atoms with Crippen molar-refractivity contribution in [2.24, 2.45) is 5.41 Å². The van der Waals surface area contributed by atoms with Crippen LogP contribution in [0.15, 0.2) is 37.9 Å². The number of urea groups is 1. The number of aromatic hydroxyl groups is 1. The Morgan fingerprint density at radius 1 is 0.718 bits per heavy atom. The zero-order valence-corrected chi connectivity index (χ0v) is 25.2. The number of rotatable bonds is 0. The maximum Gasteiger partial charge on any atom is 0.325 e. The average Bonchev–Trinajstić information content (AvgIpc) is 2.67. The third-order valence-electron chi connectivity index (χ3n) is 5.65. The van der Waals surface area contributed by atoms with Crippen LogP contribution in [0.1, 0.15) is 91.9 Å². The number of carbonyl (C=O) groups is 1. The smallest absolute Gasteiger partial charge is 0.325 e. The molecule has 2 aromatic rings. The quantitative estimate of drug-likeness (QED) is 0.293. The third-order valence-corrected chi connectivity index (χ3v) is 5.65. The Kier molecular flexibility index (Phi) is 10.1. The van der Waals surface area contributed by atoms with E-state index in [1.807, 2.05) is 48.5 Å². The predicted octanol–water partition coefficient (Wildman–Crippen LogP) is 3.88. The largest absolute Gasteiger partial charge is 0.493 e. The first-order valence-electron chi connectivity index (χ1n) is 12.6. The fourth-order valence-electron chi connectivity index (χ4n) is 4.25. The molecule has 0 saturated heterocycles. The summed E-state index contributed by atoms with van der Waals surface area (Å²) < 4.78 is 0. The van der Waals surface area contributed by atoms with Gasteiger partial charge in [0.05, 0.1) is 5.69 Å². The molecule has 1 aliphatic heterocycles. The molecule has 0 unspecified atom stereocenters. The van der Waals surface area contributed by atoms with E-state index in [0.29, 0.717) is 28.3 Å². The molecule has 0 atom stereocenters. The van der Waals surface area contributed by atoms with E-state index >= 15 is 0 Å². The minimum absolute atomic E-state index is 0.00185. The van der Waals surface area contributed by atoms with E-state index in [-0.39, 0.29) is 39.3 Å². The number of hydrogen-bond donors (Lipinski definition) is 6. The molecule has 6 N–H and O–H groups in total. The van der Waals surface area contributed by atoms with E-state index in [2.05, 4.69) is 57.9 Å². The zero-order chi connectivity index (χ0) is 30.7. The Bertz CT molecular complexity index is 1440. The molecular weight excluding hydrogens is 500 g/mol. The normalized spacial score (nSPS) is 13.9. The lowest BCUT2D eigenvalue weighted by atomic mass is 9.83. The number of H-pyrrole nitrogens is 3. The first-order chi connectivity index (χ1) is 17.5. The molecule has 2 amide bonds. The van der Waals surface area contributed by atoms with Crippen LogP contribution in [0.4, 0.5) is 4.79 Å². The predicted molar refractivity (Wildman–Crippen MR) is 154 cm³/mol. The highest BCUT2D eigenvalue weighted by Crippen LogP contribution is 2.32. The van der Waals surface area contributed by atoms with Crippen LogP contribution in [-0.4, -0.2) is 31.1 Å². The van der Waals surface area contributed by atoms with Crippen LogP contribution < -0.4 is 27.4 Å². The van der Waals surface area contributed by atoms with Crippen molar-refractivity contribution in [3.63, 3.8) is 0 Å². The summed E-state index contributed by atoms with van der Waals surface area (Å²) in [6.45, 7) is 26.9. The van der Waals surface area contributed by atoms with Gasteiger partial charge in [0.25, 0.3) is 11.1 Å². The van der Waals surface area contributed by atoms with Gasteiger partial charge >= 0.3 is 11.7 Å². The summed E-state index contributed by atoms with van der Waals surface area (Å²) in [5.74, 6) is -0.155. The number of aromatic nitrogens is 4. The van der Waals surface area contributed by atoms with Gasteiger partial charge in [-0.15, -0.1) is 0 Å². The molecule has 0 radical (unpaired) electrons. The Morgan fingerprint density at radius 3 is 1.67 bits per heavy atom. The summed E-state index contributed by atoms with van der Waals surface area (Å²) in [7, 11) is 0. The van der Waals surface area contributed by atoms with E-state index < -0.39 is 5.69 Å². The fraction of sp³-hybridized carbons (Fsp3) is 0.536. The van der Waals surface area contributed by atoms with Crippen molar-refractivity contribution < 1.29 is 9.90 Å². The standard InChI is InChI=1S/C10H16N2O.2C9H14N2O2/c1-6-8(10(3,4)5)7(2)12-9(13)11-6;1-5-7(12)11-8(13)6(10-5)9(2,3)4;1-5-6(9(2,3)4)7(12)11-8(13)10-5/h1H2,2-5H3,(H2,11,12,13);1-4H3,(H2,11,12,13);1-4H3,(H2,10,11,12,13). The van der Waals surface area contributed by atoms with Gasteiger partial charge in [-0.3, -0.25) is 19.6 Å². The second-order valence-corrected chi connectivity index (χ2v) is 12.6. The van der Waals surface area contributed by atoms with Gasteiger partial charge < -0.3 is 20.7 Å². The molecule has 0 aliphatic carbocycles. The van der Waals surface area contributed by atoms with Gasteiger partial charge in [0, 0.05) is 28.1 Å². The first-order valence-corrected chi connectivity index (χ1v) is 12.6. The molecule has 39 heavy (non-hydrogen) atoms. The van der Waals surface area contributed by atoms with Gasteiger partial charge in [-0.1, -0.05) is 68.9 Å². The Balaban J connectivity index is 0.000000292. The number of aromatic amines is 3. The van der Waals surface area contributed by atoms with Gasteiger partial charge in [-0.2, -0.15) is 0 Å². The van der Waals surface area contributed by atoms with Crippen molar-refractivity contribution >= 4 is 6.03 Å². The van der Waals surface area contributed by atoms with Crippen LogP contribution >= 0.6 is 0 Å². The van der Waals surface area contributed by atoms with Crippen LogP contribution in [0.3, 0.4) is 0 Å². The number of carbonyl (C=O) groups excluding carboxylic acids is 1. The molecule has 11 nitrogen and oxygen atoms in total. The van der Waals surface area contributed by atoms with Crippen LogP contribution in [-0.2, 0) is 10.8 Å². The van der Waals surface area contributed by atoms with Gasteiger partial charge in [-0.05, 0) is 37.2 Å². The minimum Gasteiger partial charge on any atom is -0.493 e. The van der Waals surface area contributed by atoms with E-state index in [9.17, 15) is 24.3 Å². The second kappa shape index (κ2) is 11.9. The van der Waals surface area contributed by atoms with Crippen molar-refractivity contribution in [2.75, 3.05) is 0 Å². The maximum absolute atomic E-state index is 11.4. The number of nitrogens with zero attached hydrogens (tertiary/aromatic N) is 1. The molecule has 0 spiro atoms. The number of allylic oxidation sites excluding steroid dienone is 2. The van der Waals surface area contributed by atoms with E-state index in [0.717, 1.165) is 11.3 Å². The first kappa shape index (κ1) is 33.1. The summed E-state index contributed by atoms with van der Waals surface area (Å²) in [6.07, 6.45) is 0. The molecule has 0 bridgehead atoms. The van der Waals surface area contributed by atoms with Crippen molar-refractivity contribution in [3.8, 4) is 5.88 Å². The number of aryl methyl sites for hydroxylation is 2. The van der Waals surface area contributed by atoms with Gasteiger partial charge in [-0.25, -0.2) is 14.6 Å². The fourth-order valence-corrected chi connectivity index (χ4v) is 4.25. The molecule has 0 aromatic carbocycles. The lowest BCUT2D eigenvalue weighted by molar-refractivity contribution is 0.243. The minimum atomic E-state index is -0.449. The zero-order valence-electron chi connectivity index (χ0n) is 25.2. The number of amides is 2. The van der Waals surface area contributed by atoms with Gasteiger partial charge in [0.15, 0.2) is 0 Å². The van der Waals surface area contributed by atoms with Crippen molar-refractivity contribution in [1.29, 1.82) is 0 Å². The lowest BCUT2D eigenvalue weighted by Gasteiger charge is -2.31. The van der Waals surface area contributed by atoms with E-state index in [1.54, 1.807) is 13.8 Å². The Hall–Kier alpha value is -3.89. The molecule has 216 valence electrons. The van der Waals surface area contributed by atoms with Crippen LogP contribution in [0.5, 0.6) is 5.88 Å². The lowest BCUT2D eigenvalue weighted by Crippen LogP contribution is -2.41. The van der Waals surface area contributed by atoms with Gasteiger partial charge in [0.1, 0.15) is 5.69 Å². The van der Waals surface area contributed by atoms with Crippen molar-refractivity contribution in [3.05, 3.63) is 77.4 Å². The van der Waals surface area contributed by atoms with Crippen molar-refractivity contribution in [2.45, 2.75) is 93.9 Å². The Labute approximate surface area is 229 Å². The molecule has 11 heteroatoms. The van der Waals surface area contributed by atoms with Crippen LogP contribution in [0.2, 0.25) is 0 Å². The van der Waals surface area contributed by atoms with Crippen LogP contribution in [0.25, 0.3) is 0 Å². The third kappa shape index (κ3) is 9.12. The monoisotopic (exact) mass is 544 g/mol. The van der Waals surface area contributed by atoms with Gasteiger partial charge in [0.2, 0.25) is 5.88 Å². The summed E-state index contributed by atoms with van der Waals surface area (Å²) in [5.41, 5.74) is 3.22. The van der Waals surface area contributed by atoms with E-state index in [4.69, 9.17) is 0 Å². The highest BCUT2D eigenvalue weighted by atomic mass is 16.3. The molecule has 0 saturated carbocycles. The molecule has 3 rings (SSSR count). The Morgan fingerprint density at radius 2 is 1.26 bits per heavy atom. The maximum atomic E-state index is 11.4. The highest BCUT2D eigenvalue weighted by molar-refractivity contribution is 5.81. The van der Waals surface area contributed by atoms with E-state index in [1.165, 1.54) is 0 Å². The topological polar surface area (TPSA) is 173 Å². The van der Waals surface area contributed by atoms with Crippen molar-refractivity contribution in [1.82, 2.24) is 30.6 Å². The van der Waals surface area contributed by atoms with Crippen LogP contribution in [0, 0.1) is 19.3 Å². The molecular formula is C28H44N6O5. The SMILES string of the molecule is C=C1NC(=O)NC(C)=C1C(C)(C)C.Cc1[nH]c(=O)[nH]c(=O)c1C(C)(C)C.Cc1nc(C(C)(C)C)c(=O)[nH]c1O. The molecule has 1 aliphatic rings. The summed E-state index contributed by atoms with van der Waals surface area (Å²) in [5, 5.41) is 14.6. The number of nitrogens with one attached hydrogen (secondary N) is 5. The summed E-state index contributed by atoms with van der Waals surface area (Å²) >= 11 is 0.